The summed E-state index contributed by atoms with van der Waals surface area (Å²) in [5.41, 5.74) is 0.769. The molecule has 1 amide bonds. The fourth-order valence-electron chi connectivity index (χ4n) is 2.72. The van der Waals surface area contributed by atoms with Crippen LogP contribution in [0.3, 0.4) is 0 Å². The summed E-state index contributed by atoms with van der Waals surface area (Å²) < 4.78 is 2.96. The number of carbonyl (C=O) groups is 1. The van der Waals surface area contributed by atoms with Crippen LogP contribution in [-0.2, 0) is 6.54 Å². The van der Waals surface area contributed by atoms with E-state index in [1.54, 1.807) is 0 Å². The van der Waals surface area contributed by atoms with Crippen molar-refractivity contribution in [1.82, 2.24) is 14.4 Å². The first-order valence-electron chi connectivity index (χ1n) is 6.84. The second kappa shape index (κ2) is 6.09. The van der Waals surface area contributed by atoms with Gasteiger partial charge in [-0.25, -0.2) is 0 Å². The Labute approximate surface area is 123 Å². The molecule has 0 aliphatic carbocycles. The van der Waals surface area contributed by atoms with Gasteiger partial charge in [0.25, 0.3) is 5.91 Å². The van der Waals surface area contributed by atoms with Crippen molar-refractivity contribution in [2.45, 2.75) is 32.4 Å². The second-order valence-electron chi connectivity index (χ2n) is 5.30. The minimum absolute atomic E-state index is 0.118. The Kier molecular flexibility index (Phi) is 4.68. The number of carbonyl (C=O) groups excluding carboxylic acids is 1. The summed E-state index contributed by atoms with van der Waals surface area (Å²) in [6.45, 7) is 4.97. The van der Waals surface area contributed by atoms with Gasteiger partial charge >= 0.3 is 0 Å². The molecule has 1 aromatic heterocycles. The molecule has 106 valence electrons. The van der Waals surface area contributed by atoms with Crippen LogP contribution in [-0.4, -0.2) is 53.5 Å². The van der Waals surface area contributed by atoms with Crippen molar-refractivity contribution in [3.8, 4) is 0 Å². The molecule has 0 saturated carbocycles. The lowest BCUT2D eigenvalue weighted by molar-refractivity contribution is 0.0633. The molecule has 0 radical (unpaired) electrons. The van der Waals surface area contributed by atoms with E-state index in [0.717, 1.165) is 42.6 Å². The minimum atomic E-state index is 0.118. The zero-order valence-electron chi connectivity index (χ0n) is 11.9. The van der Waals surface area contributed by atoms with Gasteiger partial charge in [-0.15, -0.1) is 0 Å². The van der Waals surface area contributed by atoms with Crippen LogP contribution in [0.1, 0.15) is 30.3 Å². The largest absolute Gasteiger partial charge is 0.343 e. The van der Waals surface area contributed by atoms with E-state index in [2.05, 4.69) is 34.8 Å². The monoisotopic (exact) mass is 327 g/mol. The number of amides is 1. The molecule has 1 aliphatic heterocycles. The Balaban J connectivity index is 2.13. The number of hydrogen-bond acceptors (Lipinski definition) is 2. The Bertz CT molecular complexity index is 458. The Morgan fingerprint density at radius 1 is 1.58 bits per heavy atom. The van der Waals surface area contributed by atoms with Gasteiger partial charge in [0.2, 0.25) is 0 Å². The molecule has 1 saturated heterocycles. The van der Waals surface area contributed by atoms with Crippen LogP contribution in [0.2, 0.25) is 0 Å². The number of piperidine rings is 1. The lowest BCUT2D eigenvalue weighted by atomic mass is 10.0. The first kappa shape index (κ1) is 14.6. The number of rotatable bonds is 3. The predicted molar refractivity (Wildman–Crippen MR) is 80.4 cm³/mol. The van der Waals surface area contributed by atoms with Crippen LogP contribution < -0.4 is 0 Å². The smallest absolute Gasteiger partial charge is 0.270 e. The van der Waals surface area contributed by atoms with E-state index in [-0.39, 0.29) is 5.91 Å². The van der Waals surface area contributed by atoms with Crippen LogP contribution in [0, 0.1) is 0 Å². The molecule has 2 heterocycles. The van der Waals surface area contributed by atoms with Gasteiger partial charge < -0.3 is 14.4 Å². The fraction of sp³-hybridized carbons (Fsp3) is 0.643. The van der Waals surface area contributed by atoms with Gasteiger partial charge in [0.05, 0.1) is 0 Å². The SMILES string of the molecule is CCn1cc(Br)cc1C(=O)N(C)C1CCCN(C)C1. The summed E-state index contributed by atoms with van der Waals surface area (Å²) in [4.78, 5) is 16.8. The zero-order chi connectivity index (χ0) is 14.0. The number of aryl methyl sites for hydroxylation is 1. The van der Waals surface area contributed by atoms with E-state index in [1.807, 2.05) is 28.8 Å². The first-order valence-corrected chi connectivity index (χ1v) is 7.63. The molecular formula is C14H22BrN3O. The molecule has 1 atom stereocenters. The second-order valence-corrected chi connectivity index (χ2v) is 6.22. The topological polar surface area (TPSA) is 28.5 Å². The van der Waals surface area contributed by atoms with E-state index in [4.69, 9.17) is 0 Å². The van der Waals surface area contributed by atoms with Crippen molar-refractivity contribution in [1.29, 1.82) is 0 Å². The predicted octanol–water partition coefficient (Wildman–Crippen LogP) is 2.44. The van der Waals surface area contributed by atoms with Crippen LogP contribution >= 0.6 is 15.9 Å². The standard InChI is InChI=1S/C14H22BrN3O/c1-4-18-9-11(15)8-13(18)14(19)17(3)12-6-5-7-16(2)10-12/h8-9,12H,4-7,10H2,1-3H3. The van der Waals surface area contributed by atoms with Crippen molar-refractivity contribution in [3.63, 3.8) is 0 Å². The molecular weight excluding hydrogens is 306 g/mol. The molecule has 2 rings (SSSR count). The van der Waals surface area contributed by atoms with Gasteiger partial charge in [0, 0.05) is 36.8 Å². The summed E-state index contributed by atoms with van der Waals surface area (Å²) >= 11 is 3.45. The van der Waals surface area contributed by atoms with Crippen LogP contribution in [0.4, 0.5) is 0 Å². The molecule has 0 bridgehead atoms. The molecule has 1 unspecified atom stereocenters. The lowest BCUT2D eigenvalue weighted by Gasteiger charge is -2.35. The minimum Gasteiger partial charge on any atom is -0.343 e. The average molecular weight is 328 g/mol. The molecule has 1 aliphatic rings. The summed E-state index contributed by atoms with van der Waals surface area (Å²) in [6.07, 6.45) is 4.23. The summed E-state index contributed by atoms with van der Waals surface area (Å²) in [5, 5.41) is 0. The number of aromatic nitrogens is 1. The maximum atomic E-state index is 12.6. The first-order chi connectivity index (χ1) is 9.02. The van der Waals surface area contributed by atoms with Crippen LogP contribution in [0.15, 0.2) is 16.7 Å². The van der Waals surface area contributed by atoms with E-state index in [1.165, 1.54) is 0 Å². The Hall–Kier alpha value is -0.810. The number of likely N-dealkylation sites (tertiary alicyclic amines) is 1. The molecule has 19 heavy (non-hydrogen) atoms. The summed E-state index contributed by atoms with van der Waals surface area (Å²) in [6, 6.07) is 2.24. The molecule has 1 fully saturated rings. The van der Waals surface area contributed by atoms with Crippen molar-refractivity contribution in [2.24, 2.45) is 0 Å². The van der Waals surface area contributed by atoms with Crippen molar-refractivity contribution < 1.29 is 4.79 Å². The average Bonchev–Trinajstić information content (AvgIpc) is 2.78. The van der Waals surface area contributed by atoms with Gasteiger partial charge in [0.1, 0.15) is 5.69 Å². The Morgan fingerprint density at radius 2 is 2.32 bits per heavy atom. The van der Waals surface area contributed by atoms with Crippen LogP contribution in [0.25, 0.3) is 0 Å². The van der Waals surface area contributed by atoms with E-state index in [9.17, 15) is 4.79 Å². The highest BCUT2D eigenvalue weighted by Gasteiger charge is 2.26. The van der Waals surface area contributed by atoms with Crippen molar-refractivity contribution in [3.05, 3.63) is 22.4 Å². The highest BCUT2D eigenvalue weighted by atomic mass is 79.9. The number of hydrogen-bond donors (Lipinski definition) is 0. The highest BCUT2D eigenvalue weighted by molar-refractivity contribution is 9.10. The number of halogens is 1. The quantitative estimate of drug-likeness (QED) is 0.853. The molecule has 0 N–H and O–H groups in total. The highest BCUT2D eigenvalue weighted by Crippen LogP contribution is 2.20. The normalized spacial score (nSPS) is 20.5. The Morgan fingerprint density at radius 3 is 2.95 bits per heavy atom. The number of nitrogens with zero attached hydrogens (tertiary/aromatic N) is 3. The molecule has 1 aromatic rings. The van der Waals surface area contributed by atoms with Gasteiger partial charge in [-0.05, 0) is 55.4 Å². The fourth-order valence-corrected chi connectivity index (χ4v) is 3.18. The molecule has 0 aromatic carbocycles. The van der Waals surface area contributed by atoms with Crippen molar-refractivity contribution in [2.75, 3.05) is 27.2 Å². The van der Waals surface area contributed by atoms with Gasteiger partial charge in [0.15, 0.2) is 0 Å². The maximum absolute atomic E-state index is 12.6. The molecule has 4 nitrogen and oxygen atoms in total. The van der Waals surface area contributed by atoms with E-state index in [0.29, 0.717) is 6.04 Å². The van der Waals surface area contributed by atoms with E-state index < -0.39 is 0 Å². The third kappa shape index (κ3) is 3.20. The molecule has 0 spiro atoms. The van der Waals surface area contributed by atoms with Gasteiger partial charge in [-0.2, -0.15) is 0 Å². The zero-order valence-corrected chi connectivity index (χ0v) is 13.5. The van der Waals surface area contributed by atoms with Gasteiger partial charge in [-0.1, -0.05) is 0 Å². The maximum Gasteiger partial charge on any atom is 0.270 e. The lowest BCUT2D eigenvalue weighted by Crippen LogP contribution is -2.47. The van der Waals surface area contributed by atoms with Crippen LogP contribution in [0.5, 0.6) is 0 Å². The third-order valence-corrected chi connectivity index (χ3v) is 4.32. The number of likely N-dealkylation sites (N-methyl/N-ethyl adjacent to an activating group) is 2. The van der Waals surface area contributed by atoms with Gasteiger partial charge in [-0.3, -0.25) is 4.79 Å². The summed E-state index contributed by atoms with van der Waals surface area (Å²) in [7, 11) is 4.04. The third-order valence-electron chi connectivity index (χ3n) is 3.89. The molecule has 5 heteroatoms. The van der Waals surface area contributed by atoms with Crippen molar-refractivity contribution >= 4 is 21.8 Å². The summed E-state index contributed by atoms with van der Waals surface area (Å²) in [5.74, 6) is 0.118. The van der Waals surface area contributed by atoms with E-state index >= 15 is 0 Å².